The lowest BCUT2D eigenvalue weighted by Gasteiger charge is -2.13. The first-order valence-corrected chi connectivity index (χ1v) is 7.35. The quantitative estimate of drug-likeness (QED) is 0.698. The third kappa shape index (κ3) is 6.16. The number of aliphatic hydroxyl groups excluding tert-OH is 1. The van der Waals surface area contributed by atoms with Gasteiger partial charge in [0, 0.05) is 13.1 Å². The lowest BCUT2D eigenvalue weighted by Crippen LogP contribution is -2.33. The zero-order valence-electron chi connectivity index (χ0n) is 12.6. The molecule has 0 heterocycles. The Balaban J connectivity index is 1.53. The van der Waals surface area contributed by atoms with E-state index >= 15 is 0 Å². The number of benzene rings is 2. The van der Waals surface area contributed by atoms with Crippen LogP contribution in [-0.2, 0) is 0 Å². The Labute approximate surface area is 131 Å². The van der Waals surface area contributed by atoms with E-state index in [1.807, 2.05) is 54.6 Å². The number of para-hydroxylation sites is 1. The van der Waals surface area contributed by atoms with Crippen LogP contribution in [-0.4, -0.2) is 37.5 Å². The average Bonchev–Trinajstić information content (AvgIpc) is 2.55. The SMILES string of the molecule is [CH2]c1ccc(OCCNCC(O)COc2ccccc2)cc1. The fourth-order valence-corrected chi connectivity index (χ4v) is 1.86. The van der Waals surface area contributed by atoms with Gasteiger partial charge in [0.15, 0.2) is 0 Å². The van der Waals surface area contributed by atoms with Gasteiger partial charge in [-0.15, -0.1) is 0 Å². The zero-order chi connectivity index (χ0) is 15.6. The van der Waals surface area contributed by atoms with E-state index in [1.165, 1.54) is 0 Å². The maximum atomic E-state index is 9.82. The highest BCUT2D eigenvalue weighted by Crippen LogP contribution is 2.11. The summed E-state index contributed by atoms with van der Waals surface area (Å²) in [5, 5.41) is 13.0. The van der Waals surface area contributed by atoms with E-state index in [1.54, 1.807) is 0 Å². The molecule has 0 bridgehead atoms. The normalized spacial score (nSPS) is 11.9. The maximum Gasteiger partial charge on any atom is 0.119 e. The zero-order valence-corrected chi connectivity index (χ0v) is 12.6. The van der Waals surface area contributed by atoms with Crippen molar-refractivity contribution in [2.24, 2.45) is 0 Å². The number of rotatable bonds is 9. The van der Waals surface area contributed by atoms with Crippen molar-refractivity contribution in [3.8, 4) is 11.5 Å². The molecular weight excluding hydrogens is 278 g/mol. The molecule has 0 saturated carbocycles. The van der Waals surface area contributed by atoms with Crippen LogP contribution in [0, 0.1) is 6.92 Å². The van der Waals surface area contributed by atoms with Crippen molar-refractivity contribution in [1.29, 1.82) is 0 Å². The molecule has 0 aliphatic rings. The molecule has 0 fully saturated rings. The topological polar surface area (TPSA) is 50.7 Å². The van der Waals surface area contributed by atoms with Crippen molar-refractivity contribution in [2.75, 3.05) is 26.3 Å². The molecule has 2 aromatic carbocycles. The minimum Gasteiger partial charge on any atom is -0.492 e. The summed E-state index contributed by atoms with van der Waals surface area (Å²) in [4.78, 5) is 0. The fraction of sp³-hybridized carbons (Fsp3) is 0.278. The van der Waals surface area contributed by atoms with Crippen LogP contribution < -0.4 is 14.8 Å². The highest BCUT2D eigenvalue weighted by atomic mass is 16.5. The molecule has 117 valence electrons. The van der Waals surface area contributed by atoms with Crippen molar-refractivity contribution >= 4 is 0 Å². The highest BCUT2D eigenvalue weighted by molar-refractivity contribution is 5.28. The van der Waals surface area contributed by atoms with Gasteiger partial charge in [0.1, 0.15) is 30.8 Å². The Kier molecular flexibility index (Phi) is 6.74. The first kappa shape index (κ1) is 16.3. The lowest BCUT2D eigenvalue weighted by molar-refractivity contribution is 0.105. The van der Waals surface area contributed by atoms with Crippen LogP contribution in [0.1, 0.15) is 5.56 Å². The summed E-state index contributed by atoms with van der Waals surface area (Å²) in [6.45, 7) is 5.76. The van der Waals surface area contributed by atoms with E-state index in [-0.39, 0.29) is 6.61 Å². The Morgan fingerprint density at radius 2 is 1.64 bits per heavy atom. The smallest absolute Gasteiger partial charge is 0.119 e. The van der Waals surface area contributed by atoms with Gasteiger partial charge in [0.05, 0.1) is 0 Å². The summed E-state index contributed by atoms with van der Waals surface area (Å²) in [7, 11) is 0. The van der Waals surface area contributed by atoms with E-state index in [0.717, 1.165) is 17.1 Å². The fourth-order valence-electron chi connectivity index (χ4n) is 1.86. The van der Waals surface area contributed by atoms with Crippen molar-refractivity contribution in [1.82, 2.24) is 5.32 Å². The van der Waals surface area contributed by atoms with Gasteiger partial charge in [-0.3, -0.25) is 0 Å². The Hall–Kier alpha value is -2.04. The molecule has 1 atom stereocenters. The lowest BCUT2D eigenvalue weighted by atomic mass is 10.2. The first-order chi connectivity index (χ1) is 10.7. The molecule has 0 saturated heterocycles. The predicted molar refractivity (Wildman–Crippen MR) is 87.2 cm³/mol. The Morgan fingerprint density at radius 3 is 2.36 bits per heavy atom. The van der Waals surface area contributed by atoms with Gasteiger partial charge in [-0.2, -0.15) is 0 Å². The van der Waals surface area contributed by atoms with E-state index in [9.17, 15) is 5.11 Å². The summed E-state index contributed by atoms with van der Waals surface area (Å²) >= 11 is 0. The van der Waals surface area contributed by atoms with Gasteiger partial charge in [0.25, 0.3) is 0 Å². The van der Waals surface area contributed by atoms with Gasteiger partial charge >= 0.3 is 0 Å². The maximum absolute atomic E-state index is 9.82. The molecular formula is C18H22NO3. The van der Waals surface area contributed by atoms with Crippen LogP contribution in [0.3, 0.4) is 0 Å². The Bertz CT molecular complexity index is 528. The summed E-state index contributed by atoms with van der Waals surface area (Å²) in [5.41, 5.74) is 0.965. The number of hydrogen-bond donors (Lipinski definition) is 2. The van der Waals surface area contributed by atoms with Crippen LogP contribution in [0.4, 0.5) is 0 Å². The minimum atomic E-state index is -0.550. The largest absolute Gasteiger partial charge is 0.492 e. The van der Waals surface area contributed by atoms with Gasteiger partial charge < -0.3 is 19.9 Å². The molecule has 1 unspecified atom stereocenters. The van der Waals surface area contributed by atoms with Crippen LogP contribution in [0.5, 0.6) is 11.5 Å². The van der Waals surface area contributed by atoms with Gasteiger partial charge in [0.2, 0.25) is 0 Å². The average molecular weight is 300 g/mol. The third-order valence-electron chi connectivity index (χ3n) is 3.04. The summed E-state index contributed by atoms with van der Waals surface area (Å²) in [6.07, 6.45) is -0.550. The van der Waals surface area contributed by atoms with E-state index < -0.39 is 6.10 Å². The third-order valence-corrected chi connectivity index (χ3v) is 3.04. The van der Waals surface area contributed by atoms with Crippen LogP contribution in [0.15, 0.2) is 54.6 Å². The molecule has 0 aliphatic heterocycles. The number of hydrogen-bond acceptors (Lipinski definition) is 4. The molecule has 4 nitrogen and oxygen atoms in total. The van der Waals surface area contributed by atoms with E-state index in [4.69, 9.17) is 9.47 Å². The van der Waals surface area contributed by atoms with Crippen molar-refractivity contribution in [2.45, 2.75) is 6.10 Å². The van der Waals surface area contributed by atoms with Gasteiger partial charge in [-0.25, -0.2) is 0 Å². The summed E-state index contributed by atoms with van der Waals surface area (Å²) in [6, 6.07) is 17.1. The number of nitrogens with one attached hydrogen (secondary N) is 1. The summed E-state index contributed by atoms with van der Waals surface area (Å²) in [5.74, 6) is 1.58. The standard InChI is InChI=1S/C18H22NO3/c1-15-7-9-18(10-8-15)21-12-11-19-13-16(20)14-22-17-5-3-2-4-6-17/h2-10,16,19-20H,1,11-14H2. The van der Waals surface area contributed by atoms with Crippen molar-refractivity contribution in [3.63, 3.8) is 0 Å². The molecule has 0 aliphatic carbocycles. The molecule has 4 heteroatoms. The summed E-state index contributed by atoms with van der Waals surface area (Å²) < 4.78 is 11.0. The molecule has 2 rings (SSSR count). The van der Waals surface area contributed by atoms with Crippen molar-refractivity contribution in [3.05, 3.63) is 67.1 Å². The second-order valence-electron chi connectivity index (χ2n) is 4.97. The van der Waals surface area contributed by atoms with E-state index in [2.05, 4.69) is 12.2 Å². The highest BCUT2D eigenvalue weighted by Gasteiger charge is 2.04. The Morgan fingerprint density at radius 1 is 0.955 bits per heavy atom. The molecule has 0 aromatic heterocycles. The van der Waals surface area contributed by atoms with Crippen molar-refractivity contribution < 1.29 is 14.6 Å². The predicted octanol–water partition coefficient (Wildman–Crippen LogP) is 2.28. The number of ether oxygens (including phenoxy) is 2. The van der Waals surface area contributed by atoms with Gasteiger partial charge in [-0.1, -0.05) is 30.3 Å². The number of aliphatic hydroxyl groups is 1. The second kappa shape index (κ2) is 9.07. The van der Waals surface area contributed by atoms with Crippen LogP contribution in [0.2, 0.25) is 0 Å². The van der Waals surface area contributed by atoms with Crippen LogP contribution in [0.25, 0.3) is 0 Å². The first-order valence-electron chi connectivity index (χ1n) is 7.35. The monoisotopic (exact) mass is 300 g/mol. The molecule has 1 radical (unpaired) electrons. The molecule has 0 spiro atoms. The minimum absolute atomic E-state index is 0.267. The molecule has 22 heavy (non-hydrogen) atoms. The van der Waals surface area contributed by atoms with Gasteiger partial charge in [-0.05, 0) is 36.8 Å². The van der Waals surface area contributed by atoms with E-state index in [0.29, 0.717) is 19.7 Å². The molecule has 2 N–H and O–H groups in total. The van der Waals surface area contributed by atoms with Crippen LogP contribution >= 0.6 is 0 Å². The second-order valence-corrected chi connectivity index (χ2v) is 4.97. The molecule has 2 aromatic rings. The molecule has 0 amide bonds.